The van der Waals surface area contributed by atoms with Gasteiger partial charge in [-0.2, -0.15) is 5.10 Å². The number of hydrogen-bond acceptors (Lipinski definition) is 2. The van der Waals surface area contributed by atoms with Crippen molar-refractivity contribution in [2.24, 2.45) is 0 Å². The van der Waals surface area contributed by atoms with E-state index in [2.05, 4.69) is 27.7 Å². The molecule has 0 radical (unpaired) electrons. The lowest BCUT2D eigenvalue weighted by molar-refractivity contribution is -0.119. The summed E-state index contributed by atoms with van der Waals surface area (Å²) in [6.45, 7) is 0.250. The van der Waals surface area contributed by atoms with Gasteiger partial charge in [-0.15, -0.1) is 0 Å². The van der Waals surface area contributed by atoms with Crippen molar-refractivity contribution < 1.29 is 9.18 Å². The summed E-state index contributed by atoms with van der Waals surface area (Å²) in [4.78, 5) is 11.7. The van der Waals surface area contributed by atoms with E-state index in [0.29, 0.717) is 6.42 Å². The standard InChI is InChI=1S/C12H10FIN2O/c13-10-3-1-9(2-4-10)5-12(17)8-16-7-11(14)6-15-16/h1-4,6-7H,5,8H2. The lowest BCUT2D eigenvalue weighted by Gasteiger charge is -2.01. The summed E-state index contributed by atoms with van der Waals surface area (Å²) in [7, 11) is 0. The van der Waals surface area contributed by atoms with Crippen LogP contribution in [0.25, 0.3) is 0 Å². The number of Topliss-reactive ketones (excluding diaryl/α,β-unsaturated/α-hetero) is 1. The third-order valence-corrected chi connectivity index (χ3v) is 2.81. The van der Waals surface area contributed by atoms with Crippen molar-refractivity contribution >= 4 is 28.4 Å². The van der Waals surface area contributed by atoms with Gasteiger partial charge in [-0.25, -0.2) is 4.39 Å². The third-order valence-electron chi connectivity index (χ3n) is 2.25. The van der Waals surface area contributed by atoms with E-state index < -0.39 is 0 Å². The number of hydrogen-bond donors (Lipinski definition) is 0. The van der Waals surface area contributed by atoms with Crippen molar-refractivity contribution in [1.29, 1.82) is 0 Å². The van der Waals surface area contributed by atoms with E-state index in [1.54, 1.807) is 23.0 Å². The smallest absolute Gasteiger partial charge is 0.158 e. The molecule has 88 valence electrons. The zero-order valence-electron chi connectivity index (χ0n) is 8.94. The number of benzene rings is 1. The molecule has 1 aromatic carbocycles. The molecule has 2 aromatic rings. The molecule has 17 heavy (non-hydrogen) atoms. The molecule has 0 amide bonds. The fourth-order valence-corrected chi connectivity index (χ4v) is 1.94. The first-order valence-electron chi connectivity index (χ1n) is 5.07. The number of rotatable bonds is 4. The van der Waals surface area contributed by atoms with Gasteiger partial charge in [0.25, 0.3) is 0 Å². The Morgan fingerprint density at radius 1 is 1.35 bits per heavy atom. The molecule has 0 fully saturated rings. The van der Waals surface area contributed by atoms with Gasteiger partial charge in [0.15, 0.2) is 5.78 Å². The van der Waals surface area contributed by atoms with Crippen molar-refractivity contribution in [1.82, 2.24) is 9.78 Å². The normalized spacial score (nSPS) is 10.5. The van der Waals surface area contributed by atoms with Crippen LogP contribution >= 0.6 is 22.6 Å². The van der Waals surface area contributed by atoms with E-state index in [9.17, 15) is 9.18 Å². The number of aromatic nitrogens is 2. The van der Waals surface area contributed by atoms with Crippen LogP contribution in [0.2, 0.25) is 0 Å². The van der Waals surface area contributed by atoms with Crippen LogP contribution in [-0.4, -0.2) is 15.6 Å². The highest BCUT2D eigenvalue weighted by atomic mass is 127. The average Bonchev–Trinajstić information content (AvgIpc) is 2.67. The van der Waals surface area contributed by atoms with Crippen molar-refractivity contribution in [2.75, 3.05) is 0 Å². The van der Waals surface area contributed by atoms with Crippen LogP contribution < -0.4 is 0 Å². The second kappa shape index (κ2) is 5.39. The number of nitrogens with zero attached hydrogens (tertiary/aromatic N) is 2. The molecule has 0 aliphatic carbocycles. The van der Waals surface area contributed by atoms with Gasteiger partial charge in [0, 0.05) is 12.6 Å². The van der Waals surface area contributed by atoms with E-state index in [1.165, 1.54) is 12.1 Å². The Labute approximate surface area is 112 Å². The molecule has 1 aromatic heterocycles. The maximum atomic E-state index is 12.7. The maximum Gasteiger partial charge on any atom is 0.158 e. The average molecular weight is 344 g/mol. The van der Waals surface area contributed by atoms with Gasteiger partial charge >= 0.3 is 0 Å². The highest BCUT2D eigenvalue weighted by Crippen LogP contribution is 2.05. The SMILES string of the molecule is O=C(Cc1ccc(F)cc1)Cn1cc(I)cn1. The predicted molar refractivity (Wildman–Crippen MR) is 70.1 cm³/mol. The zero-order valence-corrected chi connectivity index (χ0v) is 11.1. The second-order valence-electron chi connectivity index (χ2n) is 3.70. The first-order chi connectivity index (χ1) is 8.13. The highest BCUT2D eigenvalue weighted by Gasteiger charge is 2.06. The second-order valence-corrected chi connectivity index (χ2v) is 4.94. The topological polar surface area (TPSA) is 34.9 Å². The Balaban J connectivity index is 1.95. The van der Waals surface area contributed by atoms with Crippen LogP contribution in [0.5, 0.6) is 0 Å². The lowest BCUT2D eigenvalue weighted by Crippen LogP contribution is -2.12. The summed E-state index contributed by atoms with van der Waals surface area (Å²) in [5.41, 5.74) is 0.818. The van der Waals surface area contributed by atoms with E-state index in [-0.39, 0.29) is 18.1 Å². The quantitative estimate of drug-likeness (QED) is 0.799. The van der Waals surface area contributed by atoms with Crippen LogP contribution in [-0.2, 0) is 17.8 Å². The minimum atomic E-state index is -0.289. The first kappa shape index (κ1) is 12.2. The molecule has 0 bridgehead atoms. The number of halogens is 2. The van der Waals surface area contributed by atoms with Gasteiger partial charge in [-0.1, -0.05) is 12.1 Å². The largest absolute Gasteiger partial charge is 0.297 e. The first-order valence-corrected chi connectivity index (χ1v) is 6.15. The van der Waals surface area contributed by atoms with Crippen molar-refractivity contribution in [3.63, 3.8) is 0 Å². The Morgan fingerprint density at radius 3 is 2.65 bits per heavy atom. The highest BCUT2D eigenvalue weighted by molar-refractivity contribution is 14.1. The van der Waals surface area contributed by atoms with Crippen molar-refractivity contribution in [3.05, 3.63) is 51.6 Å². The maximum absolute atomic E-state index is 12.7. The molecule has 0 aliphatic rings. The molecule has 0 saturated carbocycles. The minimum Gasteiger partial charge on any atom is -0.297 e. The van der Waals surface area contributed by atoms with Gasteiger partial charge in [-0.3, -0.25) is 9.48 Å². The fourth-order valence-electron chi connectivity index (χ4n) is 1.49. The van der Waals surface area contributed by atoms with Gasteiger partial charge in [0.1, 0.15) is 5.82 Å². The molecular weight excluding hydrogens is 334 g/mol. The number of ketones is 1. The van der Waals surface area contributed by atoms with Crippen LogP contribution in [0, 0.1) is 9.39 Å². The molecule has 0 aliphatic heterocycles. The summed E-state index contributed by atoms with van der Waals surface area (Å²) < 4.78 is 15.3. The summed E-state index contributed by atoms with van der Waals surface area (Å²) >= 11 is 2.14. The van der Waals surface area contributed by atoms with Crippen molar-refractivity contribution in [3.8, 4) is 0 Å². The molecular formula is C12H10FIN2O. The molecule has 3 nitrogen and oxygen atoms in total. The van der Waals surface area contributed by atoms with E-state index >= 15 is 0 Å². The molecule has 1 heterocycles. The Bertz CT molecular complexity index is 522. The molecule has 0 saturated heterocycles. The molecule has 0 spiro atoms. The Hall–Kier alpha value is -1.24. The van der Waals surface area contributed by atoms with Crippen LogP contribution in [0.3, 0.4) is 0 Å². The Kier molecular flexibility index (Phi) is 3.88. The minimum absolute atomic E-state index is 0.0520. The Morgan fingerprint density at radius 2 is 2.06 bits per heavy atom. The zero-order chi connectivity index (χ0) is 12.3. The molecule has 2 rings (SSSR count). The van der Waals surface area contributed by atoms with E-state index in [0.717, 1.165) is 9.13 Å². The number of carbonyl (C=O) groups excluding carboxylic acids is 1. The molecule has 5 heteroatoms. The number of carbonyl (C=O) groups is 1. The third kappa shape index (κ3) is 3.62. The monoisotopic (exact) mass is 344 g/mol. The summed E-state index contributed by atoms with van der Waals surface area (Å²) in [5, 5.41) is 4.04. The van der Waals surface area contributed by atoms with Crippen LogP contribution in [0.15, 0.2) is 36.7 Å². The summed E-state index contributed by atoms with van der Waals surface area (Å²) in [6.07, 6.45) is 3.81. The van der Waals surface area contributed by atoms with Gasteiger partial charge < -0.3 is 0 Å². The predicted octanol–water partition coefficient (Wildman–Crippen LogP) is 2.44. The van der Waals surface area contributed by atoms with Gasteiger partial charge in [0.2, 0.25) is 0 Å². The molecule has 0 N–H and O–H groups in total. The van der Waals surface area contributed by atoms with Gasteiger partial charge in [0.05, 0.1) is 16.3 Å². The van der Waals surface area contributed by atoms with Gasteiger partial charge in [-0.05, 0) is 40.3 Å². The van der Waals surface area contributed by atoms with E-state index in [4.69, 9.17) is 0 Å². The summed E-state index contributed by atoms with van der Waals surface area (Å²) in [5.74, 6) is -0.237. The lowest BCUT2D eigenvalue weighted by atomic mass is 10.1. The van der Waals surface area contributed by atoms with Crippen molar-refractivity contribution in [2.45, 2.75) is 13.0 Å². The molecule has 0 atom stereocenters. The van der Waals surface area contributed by atoms with Crippen LogP contribution in [0.4, 0.5) is 4.39 Å². The fraction of sp³-hybridized carbons (Fsp3) is 0.167. The molecule has 0 unspecified atom stereocenters. The van der Waals surface area contributed by atoms with E-state index in [1.807, 2.05) is 6.20 Å². The summed E-state index contributed by atoms with van der Waals surface area (Å²) in [6, 6.07) is 5.97. The van der Waals surface area contributed by atoms with Crippen LogP contribution in [0.1, 0.15) is 5.56 Å².